The molecule has 20 heavy (non-hydrogen) atoms. The second kappa shape index (κ2) is 8.76. The number of carbonyl (C=O) groups excluding carboxylic acids is 1. The Bertz CT molecular complexity index is 425. The van der Waals surface area contributed by atoms with Gasteiger partial charge in [0.25, 0.3) is 0 Å². The van der Waals surface area contributed by atoms with Gasteiger partial charge in [-0.25, -0.2) is 4.39 Å². The molecule has 1 aromatic rings. The number of alkyl halides is 1. The number of amides is 1. The molecule has 0 aliphatic carbocycles. The molecule has 0 spiro atoms. The number of halogens is 2. The monoisotopic (exact) mass is 302 g/mol. The van der Waals surface area contributed by atoms with Crippen molar-refractivity contribution >= 4 is 24.0 Å². The van der Waals surface area contributed by atoms with Crippen molar-refractivity contribution in [3.05, 3.63) is 24.3 Å². The number of piperidine rings is 1. The molecule has 2 rings (SSSR count). The van der Waals surface area contributed by atoms with Gasteiger partial charge in [0.2, 0.25) is 5.91 Å². The summed E-state index contributed by atoms with van der Waals surface area (Å²) < 4.78 is 17.2. The molecule has 1 unspecified atom stereocenters. The zero-order chi connectivity index (χ0) is 13.5. The Kier molecular flexibility index (Phi) is 7.33. The van der Waals surface area contributed by atoms with Crippen LogP contribution in [0.25, 0.3) is 0 Å². The van der Waals surface area contributed by atoms with Crippen molar-refractivity contribution in [3.8, 4) is 5.75 Å². The van der Waals surface area contributed by atoms with Crippen molar-refractivity contribution in [1.29, 1.82) is 0 Å². The van der Waals surface area contributed by atoms with Crippen LogP contribution in [-0.4, -0.2) is 32.3 Å². The number of nitrogens with one attached hydrogen (secondary N) is 2. The van der Waals surface area contributed by atoms with Crippen molar-refractivity contribution in [2.45, 2.75) is 12.8 Å². The summed E-state index contributed by atoms with van der Waals surface area (Å²) in [6, 6.07) is 7.04. The molecule has 1 heterocycles. The topological polar surface area (TPSA) is 50.4 Å². The van der Waals surface area contributed by atoms with Crippen LogP contribution in [0.4, 0.5) is 10.1 Å². The Hall–Kier alpha value is -1.33. The van der Waals surface area contributed by atoms with Crippen LogP contribution in [0.15, 0.2) is 24.3 Å². The first kappa shape index (κ1) is 16.7. The average Bonchev–Trinajstić information content (AvgIpc) is 2.46. The minimum atomic E-state index is -0.523. The summed E-state index contributed by atoms with van der Waals surface area (Å²) in [6.45, 7) is 1.22. The molecule has 0 radical (unpaired) electrons. The molecular weight excluding hydrogens is 283 g/mol. The number of hydrogen-bond acceptors (Lipinski definition) is 3. The lowest BCUT2D eigenvalue weighted by Gasteiger charge is -2.22. The van der Waals surface area contributed by atoms with Gasteiger partial charge >= 0.3 is 0 Å². The Morgan fingerprint density at radius 2 is 2.35 bits per heavy atom. The van der Waals surface area contributed by atoms with Crippen LogP contribution < -0.4 is 15.4 Å². The van der Waals surface area contributed by atoms with Crippen LogP contribution in [0.2, 0.25) is 0 Å². The fourth-order valence-electron chi connectivity index (χ4n) is 2.14. The largest absolute Gasteiger partial charge is 0.491 e. The van der Waals surface area contributed by atoms with E-state index in [1.165, 1.54) is 0 Å². The van der Waals surface area contributed by atoms with Crippen LogP contribution in [0, 0.1) is 5.92 Å². The average molecular weight is 303 g/mol. The highest BCUT2D eigenvalue weighted by atomic mass is 35.5. The van der Waals surface area contributed by atoms with E-state index < -0.39 is 6.67 Å². The van der Waals surface area contributed by atoms with E-state index in [9.17, 15) is 9.18 Å². The summed E-state index contributed by atoms with van der Waals surface area (Å²) >= 11 is 0. The highest BCUT2D eigenvalue weighted by Crippen LogP contribution is 2.19. The molecule has 112 valence electrons. The molecule has 1 aliphatic heterocycles. The minimum absolute atomic E-state index is 0. The second-order valence-corrected chi connectivity index (χ2v) is 4.60. The van der Waals surface area contributed by atoms with Gasteiger partial charge in [-0.3, -0.25) is 4.79 Å². The first-order chi connectivity index (χ1) is 9.29. The third-order valence-electron chi connectivity index (χ3n) is 3.12. The van der Waals surface area contributed by atoms with Crippen LogP contribution >= 0.6 is 12.4 Å². The zero-order valence-corrected chi connectivity index (χ0v) is 12.0. The molecule has 1 saturated heterocycles. The van der Waals surface area contributed by atoms with E-state index in [1.807, 2.05) is 0 Å². The molecule has 2 N–H and O–H groups in total. The Morgan fingerprint density at radius 1 is 1.50 bits per heavy atom. The Morgan fingerprint density at radius 3 is 3.05 bits per heavy atom. The van der Waals surface area contributed by atoms with Gasteiger partial charge in [-0.15, -0.1) is 12.4 Å². The molecule has 1 aromatic carbocycles. The third-order valence-corrected chi connectivity index (χ3v) is 3.12. The molecular formula is C14H20ClFN2O2. The maximum absolute atomic E-state index is 12.0. The Balaban J connectivity index is 0.00000200. The number of anilines is 1. The molecule has 0 bridgehead atoms. The van der Waals surface area contributed by atoms with E-state index in [0.29, 0.717) is 11.4 Å². The molecule has 1 atom stereocenters. The van der Waals surface area contributed by atoms with Crippen LogP contribution in [0.3, 0.4) is 0 Å². The second-order valence-electron chi connectivity index (χ2n) is 4.60. The summed E-state index contributed by atoms with van der Waals surface area (Å²) in [4.78, 5) is 12.0. The van der Waals surface area contributed by atoms with Gasteiger partial charge in [-0.05, 0) is 31.5 Å². The molecule has 1 fully saturated rings. The molecule has 0 aromatic heterocycles. The lowest BCUT2D eigenvalue weighted by Crippen LogP contribution is -2.37. The molecule has 6 heteroatoms. The van der Waals surface area contributed by atoms with Crippen molar-refractivity contribution < 1.29 is 13.9 Å². The van der Waals surface area contributed by atoms with Gasteiger partial charge < -0.3 is 15.4 Å². The predicted molar refractivity (Wildman–Crippen MR) is 79.4 cm³/mol. The predicted octanol–water partition coefficient (Wildman–Crippen LogP) is 2.39. The van der Waals surface area contributed by atoms with E-state index in [1.54, 1.807) is 24.3 Å². The highest BCUT2D eigenvalue weighted by molar-refractivity contribution is 5.92. The van der Waals surface area contributed by atoms with Crippen LogP contribution in [0.1, 0.15) is 12.8 Å². The number of ether oxygens (including phenoxy) is 1. The lowest BCUT2D eigenvalue weighted by atomic mass is 9.99. The van der Waals surface area contributed by atoms with Crippen molar-refractivity contribution in [1.82, 2.24) is 5.32 Å². The smallest absolute Gasteiger partial charge is 0.228 e. The van der Waals surface area contributed by atoms with E-state index in [-0.39, 0.29) is 30.8 Å². The quantitative estimate of drug-likeness (QED) is 0.878. The van der Waals surface area contributed by atoms with Gasteiger partial charge in [-0.1, -0.05) is 6.07 Å². The number of rotatable bonds is 5. The molecule has 4 nitrogen and oxygen atoms in total. The van der Waals surface area contributed by atoms with E-state index in [2.05, 4.69) is 10.6 Å². The maximum atomic E-state index is 12.0. The van der Waals surface area contributed by atoms with E-state index >= 15 is 0 Å². The normalized spacial score (nSPS) is 17.9. The first-order valence-corrected chi connectivity index (χ1v) is 6.60. The van der Waals surface area contributed by atoms with Crippen LogP contribution in [-0.2, 0) is 4.79 Å². The highest BCUT2D eigenvalue weighted by Gasteiger charge is 2.20. The summed E-state index contributed by atoms with van der Waals surface area (Å²) in [5.74, 6) is 0.608. The summed E-state index contributed by atoms with van der Waals surface area (Å²) in [6.07, 6.45) is 1.94. The minimum Gasteiger partial charge on any atom is -0.491 e. The van der Waals surface area contributed by atoms with Crippen molar-refractivity contribution in [2.24, 2.45) is 5.92 Å². The fraction of sp³-hybridized carbons (Fsp3) is 0.500. The maximum Gasteiger partial charge on any atom is 0.228 e. The molecule has 1 amide bonds. The van der Waals surface area contributed by atoms with Gasteiger partial charge in [0.1, 0.15) is 19.0 Å². The van der Waals surface area contributed by atoms with Crippen molar-refractivity contribution in [3.63, 3.8) is 0 Å². The fourth-order valence-corrected chi connectivity index (χ4v) is 2.14. The van der Waals surface area contributed by atoms with Gasteiger partial charge in [-0.2, -0.15) is 0 Å². The first-order valence-electron chi connectivity index (χ1n) is 6.60. The van der Waals surface area contributed by atoms with Gasteiger partial charge in [0.05, 0.1) is 5.92 Å². The van der Waals surface area contributed by atoms with Crippen molar-refractivity contribution in [2.75, 3.05) is 31.7 Å². The summed E-state index contributed by atoms with van der Waals surface area (Å²) in [5.41, 5.74) is 0.687. The summed E-state index contributed by atoms with van der Waals surface area (Å²) in [7, 11) is 0. The van der Waals surface area contributed by atoms with Gasteiger partial charge in [0.15, 0.2) is 0 Å². The van der Waals surface area contributed by atoms with E-state index in [4.69, 9.17) is 4.74 Å². The number of benzene rings is 1. The Labute approximate surface area is 124 Å². The van der Waals surface area contributed by atoms with Crippen LogP contribution in [0.5, 0.6) is 5.75 Å². The molecule has 0 saturated carbocycles. The number of hydrogen-bond donors (Lipinski definition) is 2. The SMILES string of the molecule is Cl.O=C(Nc1cccc(OCCF)c1)C1CCCNC1. The zero-order valence-electron chi connectivity index (χ0n) is 11.2. The van der Waals surface area contributed by atoms with Gasteiger partial charge in [0, 0.05) is 18.3 Å². The summed E-state index contributed by atoms with van der Waals surface area (Å²) in [5, 5.41) is 6.09. The van der Waals surface area contributed by atoms with E-state index in [0.717, 1.165) is 25.9 Å². The third kappa shape index (κ3) is 4.98. The molecule has 1 aliphatic rings. The lowest BCUT2D eigenvalue weighted by molar-refractivity contribution is -0.120. The standard InChI is InChI=1S/C14H19FN2O2.ClH/c15-6-8-19-13-5-1-4-12(9-13)17-14(18)11-3-2-7-16-10-11;/h1,4-5,9,11,16H,2-3,6-8,10H2,(H,17,18);1H. The number of carbonyl (C=O) groups is 1.